The molecule has 0 bridgehead atoms. The molecule has 8 nitrogen and oxygen atoms in total. The zero-order valence-corrected chi connectivity index (χ0v) is 21.7. The molecule has 2 saturated carbocycles. The lowest BCUT2D eigenvalue weighted by Gasteiger charge is -2.45. The highest BCUT2D eigenvalue weighted by Crippen LogP contribution is 2.59. The van der Waals surface area contributed by atoms with Gasteiger partial charge in [-0.15, -0.1) is 0 Å². The van der Waals surface area contributed by atoms with Crippen molar-refractivity contribution in [3.63, 3.8) is 0 Å². The summed E-state index contributed by atoms with van der Waals surface area (Å²) >= 11 is 6.24. The fourth-order valence-corrected chi connectivity index (χ4v) is 7.09. The van der Waals surface area contributed by atoms with Gasteiger partial charge in [0.15, 0.2) is 0 Å². The Morgan fingerprint density at radius 2 is 1.86 bits per heavy atom. The van der Waals surface area contributed by atoms with Crippen molar-refractivity contribution in [2.75, 3.05) is 36.5 Å². The summed E-state index contributed by atoms with van der Waals surface area (Å²) in [7, 11) is 0. The molecule has 0 radical (unpaired) electrons. The van der Waals surface area contributed by atoms with Crippen molar-refractivity contribution in [1.29, 1.82) is 0 Å². The zero-order valence-electron chi connectivity index (χ0n) is 20.9. The molecule has 37 heavy (non-hydrogen) atoms. The number of nitrogens with one attached hydrogen (secondary N) is 1. The summed E-state index contributed by atoms with van der Waals surface area (Å²) in [5.41, 5.74) is 1.25. The number of ether oxygens (including phenoxy) is 1. The molecular formula is C28H31ClN4O4. The Kier molecular flexibility index (Phi) is 5.01. The van der Waals surface area contributed by atoms with Crippen LogP contribution in [0.15, 0.2) is 30.5 Å². The molecule has 2 aromatic rings. The molecule has 4 heterocycles. The van der Waals surface area contributed by atoms with Gasteiger partial charge in [-0.2, -0.15) is 0 Å². The van der Waals surface area contributed by atoms with Crippen molar-refractivity contribution in [3.05, 3.63) is 46.6 Å². The second kappa shape index (κ2) is 7.91. The predicted octanol–water partition coefficient (Wildman–Crippen LogP) is 3.39. The van der Waals surface area contributed by atoms with Gasteiger partial charge in [0.25, 0.3) is 0 Å². The minimum absolute atomic E-state index is 0.0211. The Hall–Kier alpha value is -2.68. The second-order valence-corrected chi connectivity index (χ2v) is 12.2. The smallest absolute Gasteiger partial charge is 0.239 e. The normalized spacial score (nSPS) is 28.7. The topological polar surface area (TPSA) is 95.0 Å². The molecule has 0 atom stereocenters. The van der Waals surface area contributed by atoms with E-state index < -0.39 is 16.4 Å². The van der Waals surface area contributed by atoms with Gasteiger partial charge in [0.2, 0.25) is 11.8 Å². The summed E-state index contributed by atoms with van der Waals surface area (Å²) in [6, 6.07) is 7.66. The maximum absolute atomic E-state index is 13.3. The second-order valence-electron chi connectivity index (χ2n) is 11.8. The molecule has 7 rings (SSSR count). The molecular weight excluding hydrogens is 492 g/mol. The fourth-order valence-electron chi connectivity index (χ4n) is 6.92. The summed E-state index contributed by atoms with van der Waals surface area (Å²) in [6.45, 7) is 4.70. The lowest BCUT2D eigenvalue weighted by molar-refractivity contribution is -0.123. The van der Waals surface area contributed by atoms with E-state index >= 15 is 0 Å². The number of aliphatic hydroxyl groups is 1. The van der Waals surface area contributed by atoms with Crippen LogP contribution in [0.4, 0.5) is 11.5 Å². The number of hydrogen-bond donors (Lipinski definition) is 2. The van der Waals surface area contributed by atoms with Gasteiger partial charge in [-0.05, 0) is 88.4 Å². The van der Waals surface area contributed by atoms with Crippen LogP contribution in [0.5, 0.6) is 5.75 Å². The SMILES string of the molecule is C[C@]1(O)C[C@@H](N2C(=O)C3(CC3)c3cc(OCCN4CCC5(CC4)C(=O)Nc4ccc(Cl)cc45)cnc32)C1. The van der Waals surface area contributed by atoms with Gasteiger partial charge >= 0.3 is 0 Å². The van der Waals surface area contributed by atoms with Gasteiger partial charge < -0.3 is 15.2 Å². The number of pyridine rings is 1. The predicted molar refractivity (Wildman–Crippen MR) is 139 cm³/mol. The third kappa shape index (κ3) is 3.52. The van der Waals surface area contributed by atoms with Crippen molar-refractivity contribution >= 4 is 34.9 Å². The molecule has 2 aliphatic carbocycles. The Balaban J connectivity index is 0.986. The van der Waals surface area contributed by atoms with Crippen LogP contribution in [0.3, 0.4) is 0 Å². The average molecular weight is 523 g/mol. The molecule has 3 fully saturated rings. The maximum Gasteiger partial charge on any atom is 0.239 e. The quantitative estimate of drug-likeness (QED) is 0.625. The van der Waals surface area contributed by atoms with Gasteiger partial charge in [0.05, 0.1) is 22.6 Å². The van der Waals surface area contributed by atoms with Crippen molar-refractivity contribution in [3.8, 4) is 5.75 Å². The highest BCUT2D eigenvalue weighted by atomic mass is 35.5. The monoisotopic (exact) mass is 522 g/mol. The molecule has 0 unspecified atom stereocenters. The number of fused-ring (bicyclic) bond motifs is 4. The summed E-state index contributed by atoms with van der Waals surface area (Å²) in [4.78, 5) is 35.0. The van der Waals surface area contributed by atoms with Crippen LogP contribution < -0.4 is 15.0 Å². The first-order valence-corrected chi connectivity index (χ1v) is 13.6. The molecule has 5 aliphatic rings. The van der Waals surface area contributed by atoms with Crippen LogP contribution in [0.25, 0.3) is 0 Å². The summed E-state index contributed by atoms with van der Waals surface area (Å²) in [5, 5.41) is 13.9. The molecule has 2 amide bonds. The number of carbonyl (C=O) groups excluding carboxylic acids is 2. The van der Waals surface area contributed by atoms with Crippen LogP contribution in [0.2, 0.25) is 5.02 Å². The molecule has 2 spiro atoms. The van der Waals surface area contributed by atoms with E-state index in [0.29, 0.717) is 30.2 Å². The zero-order chi connectivity index (χ0) is 25.6. The van der Waals surface area contributed by atoms with Crippen LogP contribution in [0.1, 0.15) is 56.6 Å². The van der Waals surface area contributed by atoms with Gasteiger partial charge in [-0.3, -0.25) is 19.4 Å². The van der Waals surface area contributed by atoms with Crippen molar-refractivity contribution < 1.29 is 19.4 Å². The number of halogens is 1. The van der Waals surface area contributed by atoms with Crippen molar-refractivity contribution in [1.82, 2.24) is 9.88 Å². The fraction of sp³-hybridized carbons (Fsp3) is 0.536. The Labute approximate surface area is 220 Å². The summed E-state index contributed by atoms with van der Waals surface area (Å²) in [6.07, 6.45) is 6.09. The molecule has 194 valence electrons. The van der Waals surface area contributed by atoms with E-state index in [9.17, 15) is 14.7 Å². The number of aromatic nitrogens is 1. The minimum Gasteiger partial charge on any atom is -0.491 e. The number of amides is 2. The summed E-state index contributed by atoms with van der Waals surface area (Å²) < 4.78 is 6.10. The lowest BCUT2D eigenvalue weighted by Crippen LogP contribution is -2.55. The van der Waals surface area contributed by atoms with E-state index in [1.807, 2.05) is 36.1 Å². The van der Waals surface area contributed by atoms with E-state index in [1.54, 1.807) is 6.20 Å². The van der Waals surface area contributed by atoms with Crippen LogP contribution in [-0.2, 0) is 20.4 Å². The molecule has 9 heteroatoms. The largest absolute Gasteiger partial charge is 0.491 e. The van der Waals surface area contributed by atoms with Crippen LogP contribution in [0, 0.1) is 0 Å². The molecule has 3 aliphatic heterocycles. The number of nitrogens with zero attached hydrogens (tertiary/aromatic N) is 3. The van der Waals surface area contributed by atoms with Crippen LogP contribution >= 0.6 is 11.6 Å². The first-order valence-electron chi connectivity index (χ1n) is 13.2. The van der Waals surface area contributed by atoms with Gasteiger partial charge in [0, 0.05) is 28.9 Å². The van der Waals surface area contributed by atoms with Crippen molar-refractivity contribution in [2.45, 2.75) is 67.9 Å². The van der Waals surface area contributed by atoms with E-state index in [0.717, 1.165) is 67.9 Å². The molecule has 1 aromatic heterocycles. The van der Waals surface area contributed by atoms with E-state index in [2.05, 4.69) is 15.2 Å². The lowest BCUT2D eigenvalue weighted by atomic mass is 9.73. The first-order chi connectivity index (χ1) is 17.7. The summed E-state index contributed by atoms with van der Waals surface area (Å²) in [5.74, 6) is 1.64. The third-order valence-electron chi connectivity index (χ3n) is 9.25. The van der Waals surface area contributed by atoms with E-state index in [4.69, 9.17) is 16.3 Å². The molecule has 2 N–H and O–H groups in total. The highest BCUT2D eigenvalue weighted by molar-refractivity contribution is 6.31. The average Bonchev–Trinajstić information content (AvgIpc) is 3.58. The number of rotatable bonds is 5. The number of piperidine rings is 1. The van der Waals surface area contributed by atoms with Gasteiger partial charge in [0.1, 0.15) is 18.2 Å². The number of carbonyl (C=O) groups is 2. The molecule has 1 saturated heterocycles. The Bertz CT molecular complexity index is 1310. The third-order valence-corrected chi connectivity index (χ3v) is 9.48. The minimum atomic E-state index is -0.695. The number of likely N-dealkylation sites (tertiary alicyclic amines) is 1. The van der Waals surface area contributed by atoms with E-state index in [-0.39, 0.29) is 17.9 Å². The first kappa shape index (κ1) is 23.4. The highest BCUT2D eigenvalue weighted by Gasteiger charge is 2.62. The Morgan fingerprint density at radius 3 is 2.57 bits per heavy atom. The van der Waals surface area contributed by atoms with Crippen LogP contribution in [-0.4, -0.2) is 64.7 Å². The number of hydrogen-bond acceptors (Lipinski definition) is 6. The molecule has 1 aromatic carbocycles. The van der Waals surface area contributed by atoms with E-state index in [1.165, 1.54) is 0 Å². The van der Waals surface area contributed by atoms with Crippen molar-refractivity contribution in [2.24, 2.45) is 0 Å². The maximum atomic E-state index is 13.3. The van der Waals surface area contributed by atoms with Gasteiger partial charge in [-0.25, -0.2) is 4.98 Å². The number of anilines is 2. The Morgan fingerprint density at radius 1 is 1.11 bits per heavy atom. The van der Waals surface area contributed by atoms with Gasteiger partial charge in [-0.1, -0.05) is 11.6 Å². The standard InChI is InChI=1S/C28H31ClN4O4/c1-26(36)14-18(15-26)33-23-21(28(4-5-28)25(33)35)13-19(16-30-23)37-11-10-32-8-6-27(7-9-32)20-12-17(29)2-3-22(20)31-24(27)34/h2-3,12-13,16,18,36H,4-11,14-15H2,1H3,(H,31,34)/t18-,26+. The number of benzene rings is 1.